The fourth-order valence-corrected chi connectivity index (χ4v) is 2.52. The van der Waals surface area contributed by atoms with E-state index in [1.165, 1.54) is 0 Å². The molecule has 0 radical (unpaired) electrons. The summed E-state index contributed by atoms with van der Waals surface area (Å²) in [6, 6.07) is 0. The van der Waals surface area contributed by atoms with Crippen molar-refractivity contribution >= 4 is 63.8 Å². The molecule has 1 rings (SSSR count). The number of benzene rings is 1. The van der Waals surface area contributed by atoms with E-state index in [-0.39, 0.29) is 0 Å². The lowest BCUT2D eigenvalue weighted by Crippen LogP contribution is -2.47. The Hall–Kier alpha value is -0.190. The molecular weight excluding hydrogens is 462 g/mol. The van der Waals surface area contributed by atoms with Crippen LogP contribution in [0.3, 0.4) is 0 Å². The topological polar surface area (TPSA) is 26.3 Å². The van der Waals surface area contributed by atoms with Gasteiger partial charge in [-0.25, -0.2) is 4.74 Å². The molecule has 0 aromatic heterocycles. The van der Waals surface area contributed by atoms with Crippen molar-refractivity contribution in [2.45, 2.75) is 18.4 Å². The number of halogens is 12. The Morgan fingerprint density at radius 3 is 1.38 bits per heavy atom. The van der Waals surface area contributed by atoms with Gasteiger partial charge in [-0.1, -0.05) is 58.0 Å². The van der Waals surface area contributed by atoms with Crippen LogP contribution in [0.4, 0.5) is 30.7 Å². The summed E-state index contributed by atoms with van der Waals surface area (Å²) < 4.78 is 90.3. The summed E-state index contributed by atoms with van der Waals surface area (Å²) in [5, 5.41) is -4.15. The molecule has 0 fully saturated rings. The van der Waals surface area contributed by atoms with Crippen LogP contribution in [0.1, 0.15) is 10.4 Å². The predicted octanol–water partition coefficient (Wildman–Crippen LogP) is 6.90. The second-order valence-electron chi connectivity index (χ2n) is 3.91. The lowest BCUT2D eigenvalue weighted by Gasteiger charge is -2.24. The number of Topliss-reactive ketones (excluding diaryl/α,β-unsaturated/α-hetero) is 1. The zero-order chi connectivity index (χ0) is 19.2. The first-order valence-electron chi connectivity index (χ1n) is 5.13. The fourth-order valence-electron chi connectivity index (χ4n) is 1.21. The lowest BCUT2D eigenvalue weighted by molar-refractivity contribution is -0.442. The van der Waals surface area contributed by atoms with Gasteiger partial charge in [-0.15, -0.1) is 0 Å². The van der Waals surface area contributed by atoms with Gasteiger partial charge < -0.3 is 0 Å². The van der Waals surface area contributed by atoms with Gasteiger partial charge in [0, 0.05) is 0 Å². The highest BCUT2D eigenvalue weighted by Crippen LogP contribution is 2.47. The van der Waals surface area contributed by atoms with E-state index in [9.17, 15) is 35.5 Å². The number of carbonyl (C=O) groups is 1. The maximum absolute atomic E-state index is 13.5. The molecule has 24 heavy (non-hydrogen) atoms. The van der Waals surface area contributed by atoms with Crippen LogP contribution >= 0.6 is 58.0 Å². The summed E-state index contributed by atoms with van der Waals surface area (Å²) in [6.45, 7) is 0. The van der Waals surface area contributed by atoms with Crippen LogP contribution in [0, 0.1) is 0 Å². The molecule has 136 valence electrons. The Morgan fingerprint density at radius 2 is 1.04 bits per heavy atom. The number of carbonyl (C=O) groups excluding carboxylic acids is 1. The molecule has 0 aliphatic carbocycles. The van der Waals surface area contributed by atoms with Crippen LogP contribution in [0.15, 0.2) is 0 Å². The number of hydrogen-bond acceptors (Lipinski definition) is 2. The fraction of sp³-hybridized carbons (Fsp3) is 0.300. The molecule has 0 amide bonds. The summed E-state index contributed by atoms with van der Waals surface area (Å²) in [5.41, 5.74) is -1.44. The Kier molecular flexibility index (Phi) is 6.23. The normalized spacial score (nSPS) is 13.3. The predicted molar refractivity (Wildman–Crippen MR) is 72.9 cm³/mol. The Labute approximate surface area is 153 Å². The van der Waals surface area contributed by atoms with E-state index >= 15 is 0 Å². The van der Waals surface area contributed by atoms with Gasteiger partial charge in [-0.05, 0) is 0 Å². The molecule has 0 N–H and O–H groups in total. The lowest BCUT2D eigenvalue weighted by atomic mass is 10.1. The van der Waals surface area contributed by atoms with Crippen molar-refractivity contribution in [2.75, 3.05) is 0 Å². The minimum Gasteiger partial charge on any atom is -0.284 e. The van der Waals surface area contributed by atoms with Crippen molar-refractivity contribution in [1.29, 1.82) is 0 Å². The van der Waals surface area contributed by atoms with Gasteiger partial charge >= 0.3 is 18.4 Å². The molecule has 0 unspecified atom stereocenters. The maximum Gasteiger partial charge on any atom is 0.483 e. The second-order valence-corrected chi connectivity index (χ2v) is 5.80. The average Bonchev–Trinajstić information content (AvgIpc) is 2.40. The van der Waals surface area contributed by atoms with Crippen LogP contribution in [0.2, 0.25) is 25.1 Å². The summed E-state index contributed by atoms with van der Waals surface area (Å²) >= 11 is 27.4. The van der Waals surface area contributed by atoms with Crippen LogP contribution < -0.4 is 0 Å². The minimum atomic E-state index is -6.51. The summed E-state index contributed by atoms with van der Waals surface area (Å²) in [4.78, 5) is 11.6. The number of rotatable bonds is 4. The molecule has 0 spiro atoms. The van der Waals surface area contributed by atoms with E-state index in [0.717, 1.165) is 0 Å². The van der Waals surface area contributed by atoms with E-state index in [1.54, 1.807) is 0 Å². The maximum atomic E-state index is 13.5. The zero-order valence-electron chi connectivity index (χ0n) is 10.4. The van der Waals surface area contributed by atoms with Gasteiger partial charge in [0.25, 0.3) is 5.78 Å². The first-order chi connectivity index (χ1) is 10.5. The molecule has 0 bridgehead atoms. The van der Waals surface area contributed by atoms with Gasteiger partial charge in [-0.3, -0.25) is 4.79 Å². The van der Waals surface area contributed by atoms with Crippen molar-refractivity contribution in [1.82, 2.24) is 0 Å². The number of alkyl halides is 7. The Balaban J connectivity index is 3.42. The van der Waals surface area contributed by atoms with Crippen LogP contribution in [-0.4, -0.2) is 24.2 Å². The van der Waals surface area contributed by atoms with E-state index in [1.807, 2.05) is 0 Å². The molecule has 14 heteroatoms. The van der Waals surface area contributed by atoms with Crippen molar-refractivity contribution < 1.29 is 40.3 Å². The number of hydrogen-bond donors (Lipinski definition) is 0. The van der Waals surface area contributed by atoms with Gasteiger partial charge in [0.1, 0.15) is 0 Å². The van der Waals surface area contributed by atoms with Gasteiger partial charge in [0.2, 0.25) is 0 Å². The van der Waals surface area contributed by atoms with E-state index in [4.69, 9.17) is 58.0 Å². The molecule has 1 aromatic carbocycles. The first-order valence-corrected chi connectivity index (χ1v) is 7.02. The van der Waals surface area contributed by atoms with Crippen molar-refractivity contribution in [3.05, 3.63) is 30.7 Å². The third-order valence-electron chi connectivity index (χ3n) is 2.29. The smallest absolute Gasteiger partial charge is 0.284 e. The third kappa shape index (κ3) is 3.96. The largest absolute Gasteiger partial charge is 0.483 e. The molecule has 2 nitrogen and oxygen atoms in total. The van der Waals surface area contributed by atoms with Crippen molar-refractivity contribution in [3.8, 4) is 0 Å². The quantitative estimate of drug-likeness (QED) is 0.211. The first kappa shape index (κ1) is 21.9. The van der Waals surface area contributed by atoms with Crippen molar-refractivity contribution in [2.24, 2.45) is 0 Å². The average molecular weight is 462 g/mol. The van der Waals surface area contributed by atoms with Gasteiger partial charge in [0.15, 0.2) is 0 Å². The minimum absolute atomic E-state index is 0.560. The molecule has 0 atom stereocenters. The van der Waals surface area contributed by atoms with Crippen LogP contribution in [0.5, 0.6) is 0 Å². The Bertz CT molecular complexity index is 660. The molecule has 0 saturated carbocycles. The molecule has 0 saturated heterocycles. The molecule has 1 aromatic rings. The molecule has 0 heterocycles. The monoisotopic (exact) mass is 460 g/mol. The molecule has 0 aliphatic heterocycles. The second kappa shape index (κ2) is 6.85. The summed E-state index contributed by atoms with van der Waals surface area (Å²) in [7, 11) is 0. The Morgan fingerprint density at radius 1 is 0.708 bits per heavy atom. The molecule has 0 aliphatic rings. The summed E-state index contributed by atoms with van der Waals surface area (Å²) in [5.74, 6) is -2.73. The number of ketones is 1. The highest BCUT2D eigenvalue weighted by Gasteiger charge is 2.65. The number of ether oxygens (including phenoxy) is 1. The highest BCUT2D eigenvalue weighted by atomic mass is 35.5. The van der Waals surface area contributed by atoms with E-state index in [0.29, 0.717) is 0 Å². The third-order valence-corrected chi connectivity index (χ3v) is 4.56. The SMILES string of the molecule is O=C(c1c(Cl)c(Cl)c(Cl)c(Cl)c1Cl)C(F)(F)OC(F)(F)C(F)(F)F. The highest BCUT2D eigenvalue weighted by molar-refractivity contribution is 6.56. The van der Waals surface area contributed by atoms with Crippen LogP contribution in [0.25, 0.3) is 0 Å². The van der Waals surface area contributed by atoms with Crippen molar-refractivity contribution in [3.63, 3.8) is 0 Å². The van der Waals surface area contributed by atoms with E-state index in [2.05, 4.69) is 4.74 Å². The van der Waals surface area contributed by atoms with E-state index < -0.39 is 54.9 Å². The van der Waals surface area contributed by atoms with Gasteiger partial charge in [-0.2, -0.15) is 30.7 Å². The standard InChI is InChI=1S/C10Cl5F7O2/c11-2-1(3(12)5(14)6(15)4(2)13)7(23)8(16,17)24-10(21,22)9(18,19)20. The molecular formula is C10Cl5F7O2. The summed E-state index contributed by atoms with van der Waals surface area (Å²) in [6.07, 6.45) is -18.5. The van der Waals surface area contributed by atoms with Crippen LogP contribution in [-0.2, 0) is 4.74 Å². The van der Waals surface area contributed by atoms with Gasteiger partial charge in [0.05, 0.1) is 30.7 Å². The zero-order valence-corrected chi connectivity index (χ0v) is 14.1.